The zero-order valence-electron chi connectivity index (χ0n) is 16.7. The lowest BCUT2D eigenvalue weighted by atomic mass is 10.2. The van der Waals surface area contributed by atoms with Gasteiger partial charge >= 0.3 is 0 Å². The van der Waals surface area contributed by atoms with E-state index in [-0.39, 0.29) is 16.1 Å². The molecule has 0 fully saturated rings. The molecule has 0 saturated heterocycles. The third kappa shape index (κ3) is 4.80. The molecule has 6 nitrogen and oxygen atoms in total. The summed E-state index contributed by atoms with van der Waals surface area (Å²) in [4.78, 5) is 17.8. The summed E-state index contributed by atoms with van der Waals surface area (Å²) in [5.41, 5.74) is 1.55. The fraction of sp³-hybridized carbons (Fsp3) is 0.0909. The van der Waals surface area contributed by atoms with Gasteiger partial charge in [0.2, 0.25) is 0 Å². The van der Waals surface area contributed by atoms with Crippen molar-refractivity contribution in [1.82, 2.24) is 4.57 Å². The average Bonchev–Trinajstić information content (AvgIpc) is 3.09. The molecule has 3 aromatic carbocycles. The lowest BCUT2D eigenvalue weighted by Crippen LogP contribution is -2.16. The van der Waals surface area contributed by atoms with E-state index >= 15 is 0 Å². The average molecular weight is 551 g/mol. The maximum absolute atomic E-state index is 12.9. The normalized spacial score (nSPS) is 12.3. The summed E-state index contributed by atoms with van der Waals surface area (Å²) in [6.07, 6.45) is 0. The number of nitrogens with zero attached hydrogens (tertiary/aromatic N) is 2. The van der Waals surface area contributed by atoms with Gasteiger partial charge in [-0.05, 0) is 67.6 Å². The Labute approximate surface area is 202 Å². The van der Waals surface area contributed by atoms with Crippen molar-refractivity contribution in [3.05, 3.63) is 86.6 Å². The molecule has 1 heterocycles. The van der Waals surface area contributed by atoms with Gasteiger partial charge in [0.25, 0.3) is 15.9 Å². The number of carbonyl (C=O) groups is 1. The van der Waals surface area contributed by atoms with E-state index in [1.807, 2.05) is 29.7 Å². The number of aryl methyl sites for hydroxylation is 1. The number of aromatic nitrogens is 1. The van der Waals surface area contributed by atoms with Gasteiger partial charge < -0.3 is 4.57 Å². The highest BCUT2D eigenvalue weighted by molar-refractivity contribution is 9.10. The Morgan fingerprint density at radius 1 is 1.12 bits per heavy atom. The highest BCUT2D eigenvalue weighted by atomic mass is 79.9. The first kappa shape index (κ1) is 22.7. The Kier molecular flexibility index (Phi) is 6.52. The minimum absolute atomic E-state index is 0.0729. The van der Waals surface area contributed by atoms with Crippen molar-refractivity contribution in [3.63, 3.8) is 0 Å². The Balaban J connectivity index is 1.66. The minimum atomic E-state index is -3.82. The number of anilines is 1. The van der Waals surface area contributed by atoms with Crippen LogP contribution in [0.25, 0.3) is 10.2 Å². The molecule has 1 amide bonds. The quantitative estimate of drug-likeness (QED) is 0.347. The first-order valence-corrected chi connectivity index (χ1v) is 13.0. The molecule has 0 radical (unpaired) electrons. The van der Waals surface area contributed by atoms with Crippen LogP contribution < -0.4 is 9.52 Å². The van der Waals surface area contributed by atoms with Crippen LogP contribution in [0, 0.1) is 0 Å². The number of sulfonamides is 1. The number of benzene rings is 3. The van der Waals surface area contributed by atoms with Crippen LogP contribution in [-0.4, -0.2) is 18.9 Å². The van der Waals surface area contributed by atoms with Gasteiger partial charge in [-0.1, -0.05) is 44.9 Å². The van der Waals surface area contributed by atoms with E-state index in [9.17, 15) is 13.2 Å². The molecule has 0 saturated carbocycles. The summed E-state index contributed by atoms with van der Waals surface area (Å²) in [5, 5.41) is 0.441. The summed E-state index contributed by atoms with van der Waals surface area (Å²) in [6, 6.07) is 18.0. The second-order valence-corrected chi connectivity index (χ2v) is 10.8. The third-order valence-electron chi connectivity index (χ3n) is 4.64. The number of rotatable bonds is 5. The molecule has 32 heavy (non-hydrogen) atoms. The largest absolute Gasteiger partial charge is 0.317 e. The van der Waals surface area contributed by atoms with E-state index in [0.717, 1.165) is 14.7 Å². The zero-order chi connectivity index (χ0) is 22.9. The summed E-state index contributed by atoms with van der Waals surface area (Å²) in [5.74, 6) is -0.453. The van der Waals surface area contributed by atoms with Crippen LogP contribution in [0.4, 0.5) is 5.69 Å². The van der Waals surface area contributed by atoms with Gasteiger partial charge in [-0.15, -0.1) is 0 Å². The number of fused-ring (bicyclic) bond motifs is 1. The number of amides is 1. The number of halogens is 2. The topological polar surface area (TPSA) is 80.5 Å². The van der Waals surface area contributed by atoms with Gasteiger partial charge in [-0.2, -0.15) is 4.99 Å². The molecule has 1 aromatic heterocycles. The van der Waals surface area contributed by atoms with Crippen LogP contribution in [-0.2, 0) is 16.6 Å². The number of thiazole rings is 1. The SMILES string of the molecule is CCn1c(=NC(=O)c2cccc(NS(=O)(=O)c3ccc(Cl)cc3)c2)sc2cc(Br)ccc21. The molecule has 0 aliphatic rings. The maximum Gasteiger partial charge on any atom is 0.279 e. The lowest BCUT2D eigenvalue weighted by Gasteiger charge is -2.09. The Bertz CT molecular complexity index is 1490. The van der Waals surface area contributed by atoms with Crippen LogP contribution in [0.2, 0.25) is 5.02 Å². The Morgan fingerprint density at radius 2 is 1.88 bits per heavy atom. The summed E-state index contributed by atoms with van der Waals surface area (Å²) >= 11 is 10.7. The smallest absolute Gasteiger partial charge is 0.279 e. The molecule has 4 aromatic rings. The number of hydrogen-bond acceptors (Lipinski definition) is 4. The predicted octanol–water partition coefficient (Wildman–Crippen LogP) is 5.68. The fourth-order valence-corrected chi connectivity index (χ4v) is 5.95. The molecular weight excluding hydrogens is 534 g/mol. The first-order chi connectivity index (χ1) is 15.3. The second-order valence-electron chi connectivity index (χ2n) is 6.80. The molecule has 0 aliphatic heterocycles. The Hall–Kier alpha value is -2.46. The van der Waals surface area contributed by atoms with Crippen molar-refractivity contribution in [1.29, 1.82) is 0 Å². The van der Waals surface area contributed by atoms with Gasteiger partial charge in [0.05, 0.1) is 15.1 Å². The van der Waals surface area contributed by atoms with Gasteiger partial charge in [0.15, 0.2) is 4.80 Å². The zero-order valence-corrected chi connectivity index (χ0v) is 20.7. The van der Waals surface area contributed by atoms with Gasteiger partial charge in [-0.25, -0.2) is 8.42 Å². The minimum Gasteiger partial charge on any atom is -0.317 e. The summed E-state index contributed by atoms with van der Waals surface area (Å²) < 4.78 is 31.7. The molecule has 1 N–H and O–H groups in total. The monoisotopic (exact) mass is 549 g/mol. The highest BCUT2D eigenvalue weighted by Gasteiger charge is 2.15. The van der Waals surface area contributed by atoms with E-state index in [0.29, 0.717) is 16.4 Å². The fourth-order valence-electron chi connectivity index (χ4n) is 3.13. The van der Waals surface area contributed by atoms with Crippen LogP contribution >= 0.6 is 38.9 Å². The maximum atomic E-state index is 12.9. The van der Waals surface area contributed by atoms with Crippen molar-refractivity contribution in [2.24, 2.45) is 4.99 Å². The van der Waals surface area contributed by atoms with Gasteiger partial charge in [0.1, 0.15) is 0 Å². The molecule has 0 spiro atoms. The van der Waals surface area contributed by atoms with Crippen LogP contribution in [0.3, 0.4) is 0 Å². The predicted molar refractivity (Wildman–Crippen MR) is 132 cm³/mol. The summed E-state index contributed by atoms with van der Waals surface area (Å²) in [7, 11) is -3.82. The first-order valence-electron chi connectivity index (χ1n) is 9.53. The van der Waals surface area contributed by atoms with Crippen molar-refractivity contribution >= 4 is 70.7 Å². The number of carbonyl (C=O) groups excluding carboxylic acids is 1. The van der Waals surface area contributed by atoms with Crippen molar-refractivity contribution in [2.75, 3.05) is 4.72 Å². The van der Waals surface area contributed by atoms with E-state index < -0.39 is 15.9 Å². The molecular formula is C22H17BrClN3O3S2. The molecule has 164 valence electrons. The standard InChI is InChI=1S/C22H17BrClN3O3S2/c1-2-27-19-11-6-15(23)13-20(19)31-22(27)25-21(28)14-4-3-5-17(12-14)26-32(29,30)18-9-7-16(24)8-10-18/h3-13,26H,2H2,1H3. The lowest BCUT2D eigenvalue weighted by molar-refractivity contribution is 0.0998. The van der Waals surface area contributed by atoms with Crippen LogP contribution in [0.15, 0.2) is 81.1 Å². The van der Waals surface area contributed by atoms with E-state index in [2.05, 4.69) is 25.6 Å². The van der Waals surface area contributed by atoms with E-state index in [4.69, 9.17) is 11.6 Å². The number of hydrogen-bond donors (Lipinski definition) is 1. The summed E-state index contributed by atoms with van der Waals surface area (Å²) in [6.45, 7) is 2.65. The molecule has 0 aliphatic carbocycles. The molecule has 4 rings (SSSR count). The molecule has 0 bridgehead atoms. The van der Waals surface area contributed by atoms with E-state index in [1.54, 1.807) is 18.2 Å². The molecule has 10 heteroatoms. The Morgan fingerprint density at radius 3 is 2.59 bits per heavy atom. The highest BCUT2D eigenvalue weighted by Crippen LogP contribution is 2.23. The van der Waals surface area contributed by atoms with Crippen LogP contribution in [0.1, 0.15) is 17.3 Å². The third-order valence-corrected chi connectivity index (χ3v) is 7.83. The van der Waals surface area contributed by atoms with E-state index in [1.165, 1.54) is 41.7 Å². The van der Waals surface area contributed by atoms with Gasteiger partial charge in [-0.3, -0.25) is 9.52 Å². The molecule has 0 atom stereocenters. The van der Waals surface area contributed by atoms with Crippen molar-refractivity contribution < 1.29 is 13.2 Å². The van der Waals surface area contributed by atoms with Gasteiger partial charge in [0, 0.05) is 27.3 Å². The molecule has 0 unspecified atom stereocenters. The van der Waals surface area contributed by atoms with Crippen LogP contribution in [0.5, 0.6) is 0 Å². The van der Waals surface area contributed by atoms with Crippen molar-refractivity contribution in [3.8, 4) is 0 Å². The number of nitrogens with one attached hydrogen (secondary N) is 1. The van der Waals surface area contributed by atoms with Crippen molar-refractivity contribution in [2.45, 2.75) is 18.4 Å². The second kappa shape index (κ2) is 9.19.